The molecule has 0 spiro atoms. The number of nitrogens with one attached hydrogen (secondary N) is 1. The molecule has 2 heterocycles. The first-order valence-corrected chi connectivity index (χ1v) is 9.83. The van der Waals surface area contributed by atoms with E-state index in [0.29, 0.717) is 5.92 Å². The lowest BCUT2D eigenvalue weighted by atomic mass is 9.84. The summed E-state index contributed by atoms with van der Waals surface area (Å²) < 4.78 is 5.35. The molecular weight excluding hydrogens is 336 g/mol. The largest absolute Gasteiger partial charge is 0.497 e. The Morgan fingerprint density at radius 1 is 1.15 bits per heavy atom. The van der Waals surface area contributed by atoms with Gasteiger partial charge in [0.2, 0.25) is 0 Å². The van der Waals surface area contributed by atoms with Gasteiger partial charge in [0.15, 0.2) is 0 Å². The van der Waals surface area contributed by atoms with Crippen LogP contribution in [-0.2, 0) is 6.42 Å². The number of carbonyl (C=O) groups is 1. The predicted octanol–water partition coefficient (Wildman–Crippen LogP) is 3.62. The molecule has 0 saturated carbocycles. The van der Waals surface area contributed by atoms with E-state index in [-0.39, 0.29) is 11.4 Å². The molecule has 1 N–H and O–H groups in total. The van der Waals surface area contributed by atoms with Crippen LogP contribution in [0, 0.1) is 0 Å². The summed E-state index contributed by atoms with van der Waals surface area (Å²) in [4.78, 5) is 15.1. The van der Waals surface area contributed by atoms with Gasteiger partial charge >= 0.3 is 0 Å². The van der Waals surface area contributed by atoms with Crippen LogP contribution in [0.3, 0.4) is 0 Å². The summed E-state index contributed by atoms with van der Waals surface area (Å²) in [6.07, 6.45) is 3.20. The van der Waals surface area contributed by atoms with Crippen molar-refractivity contribution in [1.29, 1.82) is 0 Å². The number of piperidine rings is 1. The van der Waals surface area contributed by atoms with Crippen LogP contribution in [0.15, 0.2) is 48.5 Å². The highest BCUT2D eigenvalue weighted by Gasteiger charge is 2.36. The zero-order valence-corrected chi connectivity index (χ0v) is 16.2. The van der Waals surface area contributed by atoms with Gasteiger partial charge in [0.05, 0.1) is 12.6 Å². The van der Waals surface area contributed by atoms with Gasteiger partial charge in [0, 0.05) is 12.1 Å². The van der Waals surface area contributed by atoms with E-state index in [2.05, 4.69) is 47.5 Å². The normalized spacial score (nSPS) is 23.6. The lowest BCUT2D eigenvalue weighted by molar-refractivity contribution is 0.0833. The van der Waals surface area contributed by atoms with Crippen molar-refractivity contribution in [2.45, 2.75) is 37.6 Å². The van der Waals surface area contributed by atoms with E-state index in [1.54, 1.807) is 7.11 Å². The second-order valence-corrected chi connectivity index (χ2v) is 8.18. The van der Waals surface area contributed by atoms with E-state index in [0.717, 1.165) is 42.9 Å². The van der Waals surface area contributed by atoms with Crippen molar-refractivity contribution in [3.05, 3.63) is 65.2 Å². The molecule has 1 atom stereocenters. The van der Waals surface area contributed by atoms with Gasteiger partial charge in [-0.25, -0.2) is 0 Å². The number of nitrogens with zero attached hydrogens (tertiary/aromatic N) is 1. The first-order chi connectivity index (χ1) is 13.1. The average Bonchev–Trinajstić information content (AvgIpc) is 2.68. The molecule has 2 aliphatic heterocycles. The Morgan fingerprint density at radius 3 is 2.59 bits per heavy atom. The number of methoxy groups -OCH3 is 1. The van der Waals surface area contributed by atoms with Crippen LogP contribution in [0.25, 0.3) is 0 Å². The summed E-state index contributed by atoms with van der Waals surface area (Å²) >= 11 is 0. The van der Waals surface area contributed by atoms with Gasteiger partial charge < -0.3 is 15.0 Å². The van der Waals surface area contributed by atoms with Crippen molar-refractivity contribution < 1.29 is 9.53 Å². The molecule has 27 heavy (non-hydrogen) atoms. The lowest BCUT2D eigenvalue weighted by Gasteiger charge is -2.42. The van der Waals surface area contributed by atoms with E-state index < -0.39 is 0 Å². The fourth-order valence-electron chi connectivity index (χ4n) is 4.61. The second-order valence-electron chi connectivity index (χ2n) is 8.18. The van der Waals surface area contributed by atoms with Crippen molar-refractivity contribution in [3.63, 3.8) is 0 Å². The molecule has 0 aromatic heterocycles. The Balaban J connectivity index is 1.41. The number of hydrogen-bond donors (Lipinski definition) is 1. The predicted molar refractivity (Wildman–Crippen MR) is 107 cm³/mol. The van der Waals surface area contributed by atoms with Crippen LogP contribution in [0.5, 0.6) is 5.75 Å². The summed E-state index contributed by atoms with van der Waals surface area (Å²) in [6.45, 7) is 5.21. The van der Waals surface area contributed by atoms with Crippen LogP contribution < -0.4 is 10.1 Å². The molecule has 0 radical (unpaired) electrons. The molecule has 2 aliphatic rings. The maximum Gasteiger partial charge on any atom is 0.252 e. The minimum Gasteiger partial charge on any atom is -0.497 e. The average molecular weight is 364 g/mol. The third-order valence-corrected chi connectivity index (χ3v) is 5.98. The van der Waals surface area contributed by atoms with Crippen molar-refractivity contribution in [2.75, 3.05) is 26.7 Å². The minimum absolute atomic E-state index is 0.0283. The molecule has 142 valence electrons. The number of benzene rings is 2. The van der Waals surface area contributed by atoms with Crippen LogP contribution in [0.4, 0.5) is 0 Å². The molecule has 0 aliphatic carbocycles. The fourth-order valence-corrected chi connectivity index (χ4v) is 4.61. The SMILES string of the molecule is COc1ccc2c(c1)CC(C)(CN1CCC(c3ccccc3)CC1)NC2=O. The van der Waals surface area contributed by atoms with Gasteiger partial charge in [-0.15, -0.1) is 0 Å². The monoisotopic (exact) mass is 364 g/mol. The van der Waals surface area contributed by atoms with Crippen LogP contribution in [0.1, 0.15) is 47.2 Å². The first kappa shape index (κ1) is 18.1. The molecule has 1 unspecified atom stereocenters. The zero-order valence-electron chi connectivity index (χ0n) is 16.2. The minimum atomic E-state index is -0.240. The van der Waals surface area contributed by atoms with Gasteiger partial charge in [0.25, 0.3) is 5.91 Å². The summed E-state index contributed by atoms with van der Waals surface area (Å²) in [6, 6.07) is 16.6. The molecular formula is C23H28N2O2. The summed E-state index contributed by atoms with van der Waals surface area (Å²) in [7, 11) is 1.67. The molecule has 4 rings (SSSR count). The van der Waals surface area contributed by atoms with E-state index in [1.807, 2.05) is 18.2 Å². The molecule has 0 bridgehead atoms. The van der Waals surface area contributed by atoms with Gasteiger partial charge in [-0.2, -0.15) is 0 Å². The number of hydrogen-bond acceptors (Lipinski definition) is 3. The Morgan fingerprint density at radius 2 is 1.89 bits per heavy atom. The molecule has 2 aromatic carbocycles. The first-order valence-electron chi connectivity index (χ1n) is 9.83. The maximum absolute atomic E-state index is 12.6. The number of carbonyl (C=O) groups excluding carboxylic acids is 1. The Hall–Kier alpha value is -2.33. The standard InChI is InChI=1S/C23H28N2O2/c1-23(15-19-14-20(27-2)8-9-21(19)22(26)24-23)16-25-12-10-18(11-13-25)17-6-4-3-5-7-17/h3-9,14,18H,10-13,15-16H2,1-2H3,(H,24,26). The van der Waals surface area contributed by atoms with Gasteiger partial charge in [-0.3, -0.25) is 4.79 Å². The molecule has 2 aromatic rings. The Labute approximate surface area is 161 Å². The van der Waals surface area contributed by atoms with Crippen molar-refractivity contribution >= 4 is 5.91 Å². The fraction of sp³-hybridized carbons (Fsp3) is 0.435. The number of likely N-dealkylation sites (tertiary alicyclic amines) is 1. The van der Waals surface area contributed by atoms with Crippen molar-refractivity contribution in [2.24, 2.45) is 0 Å². The smallest absolute Gasteiger partial charge is 0.252 e. The molecule has 1 amide bonds. The molecule has 4 heteroatoms. The summed E-state index contributed by atoms with van der Waals surface area (Å²) in [5.41, 5.74) is 3.07. The zero-order chi connectivity index (χ0) is 18.9. The lowest BCUT2D eigenvalue weighted by Crippen LogP contribution is -2.58. The van der Waals surface area contributed by atoms with E-state index in [1.165, 1.54) is 18.4 Å². The van der Waals surface area contributed by atoms with Gasteiger partial charge in [0.1, 0.15) is 5.75 Å². The maximum atomic E-state index is 12.6. The van der Waals surface area contributed by atoms with Crippen LogP contribution >= 0.6 is 0 Å². The number of amides is 1. The Bertz CT molecular complexity index is 812. The topological polar surface area (TPSA) is 41.6 Å². The van der Waals surface area contributed by atoms with Crippen LogP contribution in [0.2, 0.25) is 0 Å². The molecule has 1 saturated heterocycles. The van der Waals surface area contributed by atoms with E-state index >= 15 is 0 Å². The quantitative estimate of drug-likeness (QED) is 0.901. The third kappa shape index (κ3) is 3.86. The molecule has 1 fully saturated rings. The number of rotatable bonds is 4. The molecule has 4 nitrogen and oxygen atoms in total. The summed E-state index contributed by atoms with van der Waals surface area (Å²) in [5.74, 6) is 1.50. The highest BCUT2D eigenvalue weighted by molar-refractivity contribution is 5.97. The highest BCUT2D eigenvalue weighted by Crippen LogP contribution is 2.31. The van der Waals surface area contributed by atoms with Crippen molar-refractivity contribution in [1.82, 2.24) is 10.2 Å². The van der Waals surface area contributed by atoms with E-state index in [4.69, 9.17) is 4.74 Å². The van der Waals surface area contributed by atoms with Gasteiger partial charge in [-0.05, 0) is 74.5 Å². The summed E-state index contributed by atoms with van der Waals surface area (Å²) in [5, 5.41) is 3.26. The number of ether oxygens (including phenoxy) is 1. The Kier molecular flexibility index (Phi) is 4.92. The van der Waals surface area contributed by atoms with Crippen LogP contribution in [-0.4, -0.2) is 43.1 Å². The van der Waals surface area contributed by atoms with E-state index in [9.17, 15) is 4.79 Å². The highest BCUT2D eigenvalue weighted by atomic mass is 16.5. The number of fused-ring (bicyclic) bond motifs is 1. The third-order valence-electron chi connectivity index (χ3n) is 5.98. The second kappa shape index (κ2) is 7.35. The van der Waals surface area contributed by atoms with Gasteiger partial charge in [-0.1, -0.05) is 30.3 Å². The van der Waals surface area contributed by atoms with Crippen molar-refractivity contribution in [3.8, 4) is 5.75 Å².